The normalized spacial score (nSPS) is 17.0. The maximum Gasteiger partial charge on any atom is 0.225 e. The van der Waals surface area contributed by atoms with Crippen molar-refractivity contribution in [1.29, 1.82) is 0 Å². The number of thiazole rings is 1. The summed E-state index contributed by atoms with van der Waals surface area (Å²) in [5.74, 6) is 0.731. The van der Waals surface area contributed by atoms with Crippen molar-refractivity contribution in [2.45, 2.75) is 19.3 Å². The summed E-state index contributed by atoms with van der Waals surface area (Å²) < 4.78 is 0. The third-order valence-electron chi connectivity index (χ3n) is 3.81. The Morgan fingerprint density at radius 3 is 2.91 bits per heavy atom. The SMILES string of the molecule is Cl.O=C(CCC1CCNC1)Nc1scnc1-c1ccccc1. The number of benzene rings is 1. The second-order valence-corrected chi connectivity index (χ2v) is 6.20. The van der Waals surface area contributed by atoms with Crippen LogP contribution in [-0.4, -0.2) is 24.0 Å². The average Bonchev–Trinajstić information content (AvgIpc) is 3.17. The molecule has 0 saturated carbocycles. The van der Waals surface area contributed by atoms with Crippen LogP contribution >= 0.6 is 23.7 Å². The predicted octanol–water partition coefficient (Wildman–Crippen LogP) is 3.56. The Labute approximate surface area is 140 Å². The second kappa shape index (κ2) is 8.27. The molecule has 2 N–H and O–H groups in total. The van der Waals surface area contributed by atoms with Crippen LogP contribution in [0.5, 0.6) is 0 Å². The Kier molecular flexibility index (Phi) is 6.36. The molecule has 0 radical (unpaired) electrons. The van der Waals surface area contributed by atoms with E-state index < -0.39 is 0 Å². The van der Waals surface area contributed by atoms with E-state index in [4.69, 9.17) is 0 Å². The quantitative estimate of drug-likeness (QED) is 0.877. The molecule has 0 spiro atoms. The van der Waals surface area contributed by atoms with Crippen molar-refractivity contribution < 1.29 is 4.79 Å². The first-order chi connectivity index (χ1) is 10.3. The topological polar surface area (TPSA) is 54.0 Å². The van der Waals surface area contributed by atoms with Crippen molar-refractivity contribution in [2.75, 3.05) is 18.4 Å². The Balaban J connectivity index is 0.00000176. The fraction of sp³-hybridized carbons (Fsp3) is 0.375. The number of halogens is 1. The highest BCUT2D eigenvalue weighted by Crippen LogP contribution is 2.30. The summed E-state index contributed by atoms with van der Waals surface area (Å²) in [6.45, 7) is 2.13. The molecule has 1 amide bonds. The predicted molar refractivity (Wildman–Crippen MR) is 93.6 cm³/mol. The lowest BCUT2D eigenvalue weighted by Crippen LogP contribution is -2.14. The van der Waals surface area contributed by atoms with Crippen LogP contribution in [0.1, 0.15) is 19.3 Å². The zero-order valence-electron chi connectivity index (χ0n) is 12.2. The molecule has 1 aromatic heterocycles. The highest BCUT2D eigenvalue weighted by atomic mass is 35.5. The van der Waals surface area contributed by atoms with Gasteiger partial charge in [0, 0.05) is 12.0 Å². The summed E-state index contributed by atoms with van der Waals surface area (Å²) >= 11 is 1.48. The third kappa shape index (κ3) is 4.29. The largest absolute Gasteiger partial charge is 0.316 e. The number of aromatic nitrogens is 1. The lowest BCUT2D eigenvalue weighted by Gasteiger charge is -2.08. The smallest absolute Gasteiger partial charge is 0.225 e. The molecule has 2 aromatic rings. The lowest BCUT2D eigenvalue weighted by molar-refractivity contribution is -0.116. The van der Waals surface area contributed by atoms with Gasteiger partial charge in [-0.1, -0.05) is 30.3 Å². The monoisotopic (exact) mass is 337 g/mol. The van der Waals surface area contributed by atoms with E-state index in [1.165, 1.54) is 17.8 Å². The van der Waals surface area contributed by atoms with E-state index in [1.807, 2.05) is 30.3 Å². The van der Waals surface area contributed by atoms with Gasteiger partial charge in [0.05, 0.1) is 5.51 Å². The van der Waals surface area contributed by atoms with Crippen molar-refractivity contribution >= 4 is 34.7 Å². The molecule has 1 aliphatic rings. The van der Waals surface area contributed by atoms with Crippen LogP contribution in [-0.2, 0) is 4.79 Å². The molecule has 4 nitrogen and oxygen atoms in total. The van der Waals surface area contributed by atoms with E-state index in [9.17, 15) is 4.79 Å². The van der Waals surface area contributed by atoms with Crippen LogP contribution in [0.15, 0.2) is 35.8 Å². The first-order valence-electron chi connectivity index (χ1n) is 7.32. The minimum absolute atomic E-state index is 0. The van der Waals surface area contributed by atoms with Gasteiger partial charge in [0.15, 0.2) is 0 Å². The molecule has 3 rings (SSSR count). The zero-order valence-corrected chi connectivity index (χ0v) is 13.9. The van der Waals surface area contributed by atoms with Gasteiger partial charge < -0.3 is 10.6 Å². The van der Waals surface area contributed by atoms with Gasteiger partial charge in [0.1, 0.15) is 10.7 Å². The first-order valence-corrected chi connectivity index (χ1v) is 8.20. The molecule has 2 heterocycles. The fourth-order valence-electron chi connectivity index (χ4n) is 2.62. The summed E-state index contributed by atoms with van der Waals surface area (Å²) in [5, 5.41) is 7.19. The van der Waals surface area contributed by atoms with Crippen LogP contribution in [0.25, 0.3) is 11.3 Å². The number of nitrogens with one attached hydrogen (secondary N) is 2. The van der Waals surface area contributed by atoms with Gasteiger partial charge in [0.25, 0.3) is 0 Å². The minimum atomic E-state index is 0. The minimum Gasteiger partial charge on any atom is -0.316 e. The fourth-order valence-corrected chi connectivity index (χ4v) is 3.34. The van der Waals surface area contributed by atoms with E-state index in [-0.39, 0.29) is 18.3 Å². The lowest BCUT2D eigenvalue weighted by atomic mass is 10.0. The van der Waals surface area contributed by atoms with Gasteiger partial charge in [-0.25, -0.2) is 4.98 Å². The summed E-state index contributed by atoms with van der Waals surface area (Å²) in [7, 11) is 0. The van der Waals surface area contributed by atoms with Gasteiger partial charge >= 0.3 is 0 Å². The van der Waals surface area contributed by atoms with E-state index in [2.05, 4.69) is 15.6 Å². The van der Waals surface area contributed by atoms with Crippen molar-refractivity contribution in [2.24, 2.45) is 5.92 Å². The zero-order chi connectivity index (χ0) is 14.5. The van der Waals surface area contributed by atoms with Crippen LogP contribution in [0, 0.1) is 5.92 Å². The van der Waals surface area contributed by atoms with Crippen LogP contribution in [0.2, 0.25) is 0 Å². The van der Waals surface area contributed by atoms with Gasteiger partial charge in [0.2, 0.25) is 5.91 Å². The summed E-state index contributed by atoms with van der Waals surface area (Å²) in [6, 6.07) is 9.95. The van der Waals surface area contributed by atoms with Gasteiger partial charge in [-0.3, -0.25) is 4.79 Å². The number of rotatable bonds is 5. The molecular weight excluding hydrogens is 318 g/mol. The molecular formula is C16H20ClN3OS. The highest BCUT2D eigenvalue weighted by molar-refractivity contribution is 7.14. The van der Waals surface area contributed by atoms with E-state index in [0.29, 0.717) is 12.3 Å². The average molecular weight is 338 g/mol. The van der Waals surface area contributed by atoms with Crippen LogP contribution in [0.4, 0.5) is 5.00 Å². The Hall–Kier alpha value is -1.43. The number of nitrogens with zero attached hydrogens (tertiary/aromatic N) is 1. The Morgan fingerprint density at radius 2 is 2.18 bits per heavy atom. The van der Waals surface area contributed by atoms with E-state index in [1.54, 1.807) is 5.51 Å². The molecule has 1 saturated heterocycles. The molecule has 6 heteroatoms. The van der Waals surface area contributed by atoms with E-state index in [0.717, 1.165) is 35.8 Å². The number of carbonyl (C=O) groups excluding carboxylic acids is 1. The molecule has 1 aliphatic heterocycles. The van der Waals surface area contributed by atoms with Crippen LogP contribution < -0.4 is 10.6 Å². The highest BCUT2D eigenvalue weighted by Gasteiger charge is 2.17. The number of amides is 1. The van der Waals surface area contributed by atoms with Crippen LogP contribution in [0.3, 0.4) is 0 Å². The first kappa shape index (κ1) is 16.9. The summed E-state index contributed by atoms with van der Waals surface area (Å²) in [5.41, 5.74) is 3.67. The van der Waals surface area contributed by atoms with Crippen molar-refractivity contribution in [3.8, 4) is 11.3 Å². The Bertz CT molecular complexity index is 596. The molecule has 1 unspecified atom stereocenters. The Morgan fingerprint density at radius 1 is 1.36 bits per heavy atom. The molecule has 0 aliphatic carbocycles. The summed E-state index contributed by atoms with van der Waals surface area (Å²) in [4.78, 5) is 16.5. The van der Waals surface area contributed by atoms with Gasteiger partial charge in [-0.05, 0) is 31.8 Å². The molecule has 118 valence electrons. The van der Waals surface area contributed by atoms with Gasteiger partial charge in [-0.2, -0.15) is 0 Å². The standard InChI is InChI=1S/C16H19N3OS.ClH/c20-14(7-6-12-8-9-17-10-12)19-16-15(18-11-21-16)13-4-2-1-3-5-13;/h1-5,11-12,17H,6-10H2,(H,19,20);1H. The maximum absolute atomic E-state index is 12.1. The number of anilines is 1. The molecule has 0 bridgehead atoms. The molecule has 1 fully saturated rings. The molecule has 22 heavy (non-hydrogen) atoms. The summed E-state index contributed by atoms with van der Waals surface area (Å²) in [6.07, 6.45) is 2.72. The third-order valence-corrected chi connectivity index (χ3v) is 4.55. The van der Waals surface area contributed by atoms with E-state index >= 15 is 0 Å². The number of hydrogen-bond acceptors (Lipinski definition) is 4. The van der Waals surface area contributed by atoms with Crippen molar-refractivity contribution in [3.05, 3.63) is 35.8 Å². The number of hydrogen-bond donors (Lipinski definition) is 2. The van der Waals surface area contributed by atoms with Crippen molar-refractivity contribution in [1.82, 2.24) is 10.3 Å². The molecule has 1 atom stereocenters. The van der Waals surface area contributed by atoms with Gasteiger partial charge in [-0.15, -0.1) is 23.7 Å². The number of carbonyl (C=O) groups is 1. The van der Waals surface area contributed by atoms with Crippen molar-refractivity contribution in [3.63, 3.8) is 0 Å². The molecule has 1 aromatic carbocycles. The maximum atomic E-state index is 12.1. The second-order valence-electron chi connectivity index (χ2n) is 5.34.